The van der Waals surface area contributed by atoms with Crippen LogP contribution in [0.2, 0.25) is 0 Å². The number of carbonyl (C=O) groups is 3. The summed E-state index contributed by atoms with van der Waals surface area (Å²) in [6, 6.07) is 13.9. The van der Waals surface area contributed by atoms with Crippen LogP contribution in [0.15, 0.2) is 48.5 Å². The second-order valence-electron chi connectivity index (χ2n) is 6.91. The molecule has 0 radical (unpaired) electrons. The van der Waals surface area contributed by atoms with Gasteiger partial charge < -0.3 is 9.47 Å². The van der Waals surface area contributed by atoms with Crippen molar-refractivity contribution in [2.45, 2.75) is 12.5 Å². The zero-order valence-corrected chi connectivity index (χ0v) is 16.9. The van der Waals surface area contributed by atoms with E-state index in [9.17, 15) is 14.4 Å². The Morgan fingerprint density at radius 1 is 1.03 bits per heavy atom. The Morgan fingerprint density at radius 2 is 1.71 bits per heavy atom. The lowest BCUT2D eigenvalue weighted by molar-refractivity contribution is -0.125. The van der Waals surface area contributed by atoms with Crippen LogP contribution >= 0.6 is 11.3 Å². The van der Waals surface area contributed by atoms with Crippen molar-refractivity contribution in [1.82, 2.24) is 15.1 Å². The second-order valence-corrected chi connectivity index (χ2v) is 7.97. The minimum Gasteiger partial charge on any atom is -0.485 e. The Labute approximate surface area is 180 Å². The van der Waals surface area contributed by atoms with E-state index in [1.54, 1.807) is 42.5 Å². The highest BCUT2D eigenvalue weighted by atomic mass is 32.1. The van der Waals surface area contributed by atoms with Gasteiger partial charge in [-0.05, 0) is 24.3 Å². The fraction of sp³-hybridized carbons (Fsp3) is 0.190. The lowest BCUT2D eigenvalue weighted by Crippen LogP contribution is -2.40. The van der Waals surface area contributed by atoms with Crippen LogP contribution in [-0.4, -0.2) is 52.1 Å². The third-order valence-corrected chi connectivity index (χ3v) is 5.82. The summed E-state index contributed by atoms with van der Waals surface area (Å²) in [5.74, 6) is 0.0880. The highest BCUT2D eigenvalue weighted by Gasteiger charge is 2.35. The summed E-state index contributed by atoms with van der Waals surface area (Å²) in [5, 5.41) is 11.6. The molecule has 0 saturated heterocycles. The highest BCUT2D eigenvalue weighted by Crippen LogP contribution is 2.31. The van der Waals surface area contributed by atoms with Crippen molar-refractivity contribution in [1.29, 1.82) is 0 Å². The highest BCUT2D eigenvalue weighted by molar-refractivity contribution is 7.15. The molecule has 0 bridgehead atoms. The molecule has 10 heteroatoms. The zero-order chi connectivity index (χ0) is 21.4. The maximum atomic E-state index is 12.5. The Balaban J connectivity index is 1.18. The maximum Gasteiger partial charge on any atom is 0.270 e. The molecule has 9 nitrogen and oxygen atoms in total. The number of rotatable bonds is 5. The molecule has 156 valence electrons. The number of hydrogen-bond donors (Lipinski definition) is 1. The van der Waals surface area contributed by atoms with E-state index in [1.807, 2.05) is 6.07 Å². The lowest BCUT2D eigenvalue weighted by Gasteiger charge is -2.25. The van der Waals surface area contributed by atoms with Crippen molar-refractivity contribution >= 4 is 34.2 Å². The van der Waals surface area contributed by atoms with Crippen molar-refractivity contribution in [3.63, 3.8) is 0 Å². The van der Waals surface area contributed by atoms with Gasteiger partial charge in [-0.2, -0.15) is 0 Å². The molecule has 2 aliphatic heterocycles. The fourth-order valence-electron chi connectivity index (χ4n) is 3.39. The van der Waals surface area contributed by atoms with Crippen LogP contribution in [0.1, 0.15) is 25.7 Å². The Bertz CT molecular complexity index is 1160. The quantitative estimate of drug-likeness (QED) is 0.610. The normalized spacial score (nSPS) is 16.9. The summed E-state index contributed by atoms with van der Waals surface area (Å²) < 4.78 is 11.2. The summed E-state index contributed by atoms with van der Waals surface area (Å²) in [6.45, 7) is 0.277. The van der Waals surface area contributed by atoms with Gasteiger partial charge in [-0.25, -0.2) is 0 Å². The number of nitrogens with zero attached hydrogens (tertiary/aromatic N) is 3. The number of para-hydroxylation sites is 2. The van der Waals surface area contributed by atoms with Crippen LogP contribution in [0.5, 0.6) is 11.5 Å². The first-order valence-corrected chi connectivity index (χ1v) is 10.4. The molecule has 1 aromatic heterocycles. The summed E-state index contributed by atoms with van der Waals surface area (Å²) in [4.78, 5) is 38.6. The van der Waals surface area contributed by atoms with Crippen molar-refractivity contribution in [2.24, 2.45) is 0 Å². The average Bonchev–Trinajstić information content (AvgIpc) is 3.34. The predicted octanol–water partition coefficient (Wildman–Crippen LogP) is 2.16. The van der Waals surface area contributed by atoms with Gasteiger partial charge in [0.2, 0.25) is 11.2 Å². The van der Waals surface area contributed by atoms with E-state index in [-0.39, 0.29) is 25.0 Å². The molecule has 0 aliphatic carbocycles. The van der Waals surface area contributed by atoms with Crippen molar-refractivity contribution in [3.05, 3.63) is 64.7 Å². The number of nitrogens with one attached hydrogen (secondary N) is 1. The van der Waals surface area contributed by atoms with E-state index >= 15 is 0 Å². The minimum atomic E-state index is -0.805. The zero-order valence-electron chi connectivity index (χ0n) is 16.1. The fourth-order valence-corrected chi connectivity index (χ4v) is 4.12. The molecule has 0 fully saturated rings. The van der Waals surface area contributed by atoms with Gasteiger partial charge in [0, 0.05) is 13.0 Å². The van der Waals surface area contributed by atoms with Crippen molar-refractivity contribution in [3.8, 4) is 11.5 Å². The van der Waals surface area contributed by atoms with E-state index in [1.165, 1.54) is 16.2 Å². The van der Waals surface area contributed by atoms with Crippen LogP contribution < -0.4 is 14.8 Å². The van der Waals surface area contributed by atoms with Gasteiger partial charge in [-0.15, -0.1) is 10.2 Å². The third-order valence-electron chi connectivity index (χ3n) is 4.93. The van der Waals surface area contributed by atoms with Gasteiger partial charge in [0.1, 0.15) is 11.6 Å². The number of amides is 3. The number of fused-ring (bicyclic) bond motifs is 2. The number of aromatic nitrogens is 2. The van der Waals surface area contributed by atoms with E-state index in [0.717, 1.165) is 0 Å². The molecular weight excluding hydrogens is 420 g/mol. The van der Waals surface area contributed by atoms with Gasteiger partial charge in [-0.1, -0.05) is 35.6 Å². The molecule has 0 spiro atoms. The lowest BCUT2D eigenvalue weighted by atomic mass is 10.1. The molecule has 1 N–H and O–H groups in total. The molecular formula is C21H16N4O5S. The monoisotopic (exact) mass is 436 g/mol. The number of ether oxygens (including phenoxy) is 2. The first-order valence-electron chi connectivity index (χ1n) is 9.57. The number of carbonyl (C=O) groups excluding carboxylic acids is 3. The van der Waals surface area contributed by atoms with Crippen molar-refractivity contribution in [2.75, 3.05) is 18.5 Å². The van der Waals surface area contributed by atoms with Gasteiger partial charge in [-0.3, -0.25) is 24.6 Å². The molecule has 1 atom stereocenters. The number of anilines is 1. The van der Waals surface area contributed by atoms with Crippen LogP contribution in [0.4, 0.5) is 5.13 Å². The first kappa shape index (κ1) is 19.2. The van der Waals surface area contributed by atoms with Crippen LogP contribution in [0, 0.1) is 0 Å². The summed E-state index contributed by atoms with van der Waals surface area (Å²) in [5.41, 5.74) is 0.822. The molecule has 31 heavy (non-hydrogen) atoms. The molecule has 3 aromatic rings. The van der Waals surface area contributed by atoms with Gasteiger partial charge >= 0.3 is 0 Å². The second kappa shape index (κ2) is 7.80. The molecule has 3 heterocycles. The Hall–Kier alpha value is -3.79. The molecule has 2 aliphatic rings. The molecule has 1 unspecified atom stereocenters. The summed E-state index contributed by atoms with van der Waals surface area (Å²) in [6.07, 6.45) is -0.462. The number of imide groups is 1. The average molecular weight is 436 g/mol. The maximum absolute atomic E-state index is 12.5. The van der Waals surface area contributed by atoms with Crippen LogP contribution in [0.25, 0.3) is 0 Å². The third kappa shape index (κ3) is 3.61. The van der Waals surface area contributed by atoms with E-state index < -0.39 is 12.0 Å². The van der Waals surface area contributed by atoms with E-state index in [0.29, 0.717) is 39.2 Å². The number of benzene rings is 2. The molecule has 5 rings (SSSR count). The van der Waals surface area contributed by atoms with Gasteiger partial charge in [0.15, 0.2) is 11.5 Å². The standard InChI is InChI=1S/C21H16N4O5S/c26-18(16-11-29-14-7-3-4-8-15(14)30-16)22-21-24-23-17(31-21)9-10-25-19(27)12-5-1-2-6-13(12)20(25)28/h1-8,16H,9-11H2,(H,22,24,26). The van der Waals surface area contributed by atoms with E-state index in [4.69, 9.17) is 9.47 Å². The Kier molecular flexibility index (Phi) is 4.83. The van der Waals surface area contributed by atoms with Crippen molar-refractivity contribution < 1.29 is 23.9 Å². The van der Waals surface area contributed by atoms with E-state index in [2.05, 4.69) is 15.5 Å². The molecule has 2 aromatic carbocycles. The first-order chi connectivity index (χ1) is 15.1. The number of hydrogen-bond acceptors (Lipinski definition) is 8. The SMILES string of the molecule is O=C(Nc1nnc(CCN2C(=O)c3ccccc3C2=O)s1)C1COc2ccccc2O1. The smallest absolute Gasteiger partial charge is 0.270 e. The largest absolute Gasteiger partial charge is 0.485 e. The summed E-state index contributed by atoms with van der Waals surface area (Å²) in [7, 11) is 0. The molecule has 3 amide bonds. The van der Waals surface area contributed by atoms with Crippen LogP contribution in [0.3, 0.4) is 0 Å². The van der Waals surface area contributed by atoms with Crippen LogP contribution in [-0.2, 0) is 11.2 Å². The predicted molar refractivity (Wildman–Crippen MR) is 110 cm³/mol. The van der Waals surface area contributed by atoms with Gasteiger partial charge in [0.05, 0.1) is 11.1 Å². The summed E-state index contributed by atoms with van der Waals surface area (Å²) >= 11 is 1.18. The topological polar surface area (TPSA) is 111 Å². The van der Waals surface area contributed by atoms with Gasteiger partial charge in [0.25, 0.3) is 17.7 Å². The molecule has 0 saturated carbocycles. The minimum absolute atomic E-state index is 0.0915. The Morgan fingerprint density at radius 3 is 2.45 bits per heavy atom.